The van der Waals surface area contributed by atoms with E-state index >= 15 is 0 Å². The van der Waals surface area contributed by atoms with Crippen LogP contribution in [0.2, 0.25) is 0 Å². The molecule has 0 unspecified atom stereocenters. The Bertz CT molecular complexity index is 325. The average molecular weight is 222 g/mol. The zero-order valence-corrected chi connectivity index (χ0v) is 9.72. The molecule has 1 aromatic carbocycles. The van der Waals surface area contributed by atoms with E-state index in [1.807, 2.05) is 30.3 Å². The molecule has 0 heterocycles. The number of para-hydroxylation sites is 1. The first-order chi connectivity index (χ1) is 7.61. The first-order valence-corrected chi connectivity index (χ1v) is 5.29. The molecule has 0 aliphatic rings. The van der Waals surface area contributed by atoms with Gasteiger partial charge in [0.05, 0.1) is 12.6 Å². The lowest BCUT2D eigenvalue weighted by atomic mass is 10.3. The molecule has 88 valence electrons. The van der Waals surface area contributed by atoms with Crippen LogP contribution in [0.4, 0.5) is 0 Å². The van der Waals surface area contributed by atoms with E-state index in [1.54, 1.807) is 18.9 Å². The van der Waals surface area contributed by atoms with Crippen molar-refractivity contribution in [2.75, 3.05) is 20.2 Å². The van der Waals surface area contributed by atoms with E-state index in [2.05, 4.69) is 0 Å². The van der Waals surface area contributed by atoms with Crippen molar-refractivity contribution in [1.29, 1.82) is 0 Å². The summed E-state index contributed by atoms with van der Waals surface area (Å²) in [6, 6.07) is 9.05. The molecule has 4 nitrogen and oxygen atoms in total. The van der Waals surface area contributed by atoms with Gasteiger partial charge in [-0.1, -0.05) is 18.2 Å². The SMILES string of the molecule is C[C@@H](N)C(=O)N(C)CCOc1ccccc1. The number of ether oxygens (including phenoxy) is 1. The number of carbonyl (C=O) groups excluding carboxylic acids is 1. The second kappa shape index (κ2) is 6.12. The van der Waals surface area contributed by atoms with Crippen molar-refractivity contribution in [3.8, 4) is 5.75 Å². The fraction of sp³-hybridized carbons (Fsp3) is 0.417. The van der Waals surface area contributed by atoms with Crippen molar-refractivity contribution in [2.24, 2.45) is 5.73 Å². The third-order valence-corrected chi connectivity index (χ3v) is 2.20. The van der Waals surface area contributed by atoms with Crippen LogP contribution in [-0.4, -0.2) is 37.0 Å². The van der Waals surface area contributed by atoms with Gasteiger partial charge in [-0.3, -0.25) is 4.79 Å². The third kappa shape index (κ3) is 3.90. The average Bonchev–Trinajstić information content (AvgIpc) is 2.29. The molecular formula is C12H18N2O2. The molecular weight excluding hydrogens is 204 g/mol. The highest BCUT2D eigenvalue weighted by atomic mass is 16.5. The lowest BCUT2D eigenvalue weighted by molar-refractivity contribution is -0.131. The van der Waals surface area contributed by atoms with Gasteiger partial charge in [-0.05, 0) is 19.1 Å². The quantitative estimate of drug-likeness (QED) is 0.804. The number of amides is 1. The normalized spacial score (nSPS) is 11.9. The maximum absolute atomic E-state index is 11.4. The van der Waals surface area contributed by atoms with Crippen molar-refractivity contribution in [3.05, 3.63) is 30.3 Å². The molecule has 0 saturated carbocycles. The molecule has 1 aromatic rings. The van der Waals surface area contributed by atoms with E-state index in [4.69, 9.17) is 10.5 Å². The summed E-state index contributed by atoms with van der Waals surface area (Å²) in [6.45, 7) is 2.69. The zero-order chi connectivity index (χ0) is 12.0. The monoisotopic (exact) mass is 222 g/mol. The second-order valence-corrected chi connectivity index (χ2v) is 3.71. The van der Waals surface area contributed by atoms with Gasteiger partial charge in [-0.2, -0.15) is 0 Å². The molecule has 0 aliphatic heterocycles. The maximum Gasteiger partial charge on any atom is 0.239 e. The summed E-state index contributed by atoms with van der Waals surface area (Å²) in [4.78, 5) is 13.0. The molecule has 1 rings (SSSR count). The number of nitrogens with two attached hydrogens (primary N) is 1. The first-order valence-electron chi connectivity index (χ1n) is 5.29. The molecule has 0 spiro atoms. The Morgan fingerprint density at radius 3 is 2.62 bits per heavy atom. The number of benzene rings is 1. The molecule has 0 saturated heterocycles. The van der Waals surface area contributed by atoms with Gasteiger partial charge in [0.25, 0.3) is 0 Å². The van der Waals surface area contributed by atoms with E-state index in [-0.39, 0.29) is 5.91 Å². The summed E-state index contributed by atoms with van der Waals surface area (Å²) < 4.78 is 5.47. The number of hydrogen-bond acceptors (Lipinski definition) is 3. The Kier molecular flexibility index (Phi) is 4.79. The largest absolute Gasteiger partial charge is 0.492 e. The number of nitrogens with zero attached hydrogens (tertiary/aromatic N) is 1. The van der Waals surface area contributed by atoms with E-state index in [0.717, 1.165) is 5.75 Å². The number of rotatable bonds is 5. The molecule has 0 aromatic heterocycles. The Hall–Kier alpha value is -1.55. The van der Waals surface area contributed by atoms with Gasteiger partial charge in [-0.25, -0.2) is 0 Å². The minimum Gasteiger partial charge on any atom is -0.492 e. The fourth-order valence-electron chi connectivity index (χ4n) is 1.27. The minimum atomic E-state index is -0.457. The smallest absolute Gasteiger partial charge is 0.239 e. The number of carbonyl (C=O) groups is 1. The maximum atomic E-state index is 11.4. The summed E-state index contributed by atoms with van der Waals surface area (Å²) >= 11 is 0. The topological polar surface area (TPSA) is 55.6 Å². The minimum absolute atomic E-state index is 0.0725. The first kappa shape index (κ1) is 12.5. The highest BCUT2D eigenvalue weighted by Crippen LogP contribution is 2.07. The lowest BCUT2D eigenvalue weighted by Crippen LogP contribution is -2.41. The van der Waals surface area contributed by atoms with E-state index in [1.165, 1.54) is 0 Å². The zero-order valence-electron chi connectivity index (χ0n) is 9.72. The van der Waals surface area contributed by atoms with Crippen LogP contribution >= 0.6 is 0 Å². The highest BCUT2D eigenvalue weighted by Gasteiger charge is 2.12. The van der Waals surface area contributed by atoms with Gasteiger partial charge in [-0.15, -0.1) is 0 Å². The summed E-state index contributed by atoms with van der Waals surface area (Å²) in [7, 11) is 1.72. The van der Waals surface area contributed by atoms with Crippen LogP contribution < -0.4 is 10.5 Å². The molecule has 0 aliphatic carbocycles. The Morgan fingerprint density at radius 1 is 1.44 bits per heavy atom. The van der Waals surface area contributed by atoms with Gasteiger partial charge < -0.3 is 15.4 Å². The van der Waals surface area contributed by atoms with E-state index in [0.29, 0.717) is 13.2 Å². The summed E-state index contributed by atoms with van der Waals surface area (Å²) in [6.07, 6.45) is 0. The summed E-state index contributed by atoms with van der Waals surface area (Å²) in [5.41, 5.74) is 5.49. The van der Waals surface area contributed by atoms with Gasteiger partial charge in [0.2, 0.25) is 5.91 Å². The van der Waals surface area contributed by atoms with Crippen LogP contribution in [0.3, 0.4) is 0 Å². The number of hydrogen-bond donors (Lipinski definition) is 1. The Morgan fingerprint density at radius 2 is 2.06 bits per heavy atom. The van der Waals surface area contributed by atoms with Crippen molar-refractivity contribution < 1.29 is 9.53 Å². The van der Waals surface area contributed by atoms with Gasteiger partial charge in [0.15, 0.2) is 0 Å². The van der Waals surface area contributed by atoms with Crippen molar-refractivity contribution >= 4 is 5.91 Å². The van der Waals surface area contributed by atoms with E-state index in [9.17, 15) is 4.79 Å². The Balaban J connectivity index is 2.28. The van der Waals surface area contributed by atoms with Crippen LogP contribution in [0.5, 0.6) is 5.75 Å². The van der Waals surface area contributed by atoms with Crippen LogP contribution in [0.1, 0.15) is 6.92 Å². The molecule has 1 atom stereocenters. The van der Waals surface area contributed by atoms with Crippen molar-refractivity contribution in [1.82, 2.24) is 4.90 Å². The van der Waals surface area contributed by atoms with Crippen LogP contribution in [0.25, 0.3) is 0 Å². The molecule has 4 heteroatoms. The van der Waals surface area contributed by atoms with Crippen LogP contribution in [-0.2, 0) is 4.79 Å². The van der Waals surface area contributed by atoms with Gasteiger partial charge >= 0.3 is 0 Å². The third-order valence-electron chi connectivity index (χ3n) is 2.20. The van der Waals surface area contributed by atoms with Crippen LogP contribution in [0, 0.1) is 0 Å². The van der Waals surface area contributed by atoms with Gasteiger partial charge in [0, 0.05) is 7.05 Å². The van der Waals surface area contributed by atoms with Gasteiger partial charge in [0.1, 0.15) is 12.4 Å². The standard InChI is InChI=1S/C12H18N2O2/c1-10(13)12(15)14(2)8-9-16-11-6-4-3-5-7-11/h3-7,10H,8-9,13H2,1-2H3/t10-/m1/s1. The van der Waals surface area contributed by atoms with Crippen LogP contribution in [0.15, 0.2) is 30.3 Å². The lowest BCUT2D eigenvalue weighted by Gasteiger charge is -2.19. The molecule has 2 N–H and O–H groups in total. The molecule has 16 heavy (non-hydrogen) atoms. The van der Waals surface area contributed by atoms with E-state index < -0.39 is 6.04 Å². The summed E-state index contributed by atoms with van der Waals surface area (Å²) in [5.74, 6) is 0.737. The fourth-order valence-corrected chi connectivity index (χ4v) is 1.27. The molecule has 0 bridgehead atoms. The van der Waals surface area contributed by atoms with Crippen molar-refractivity contribution in [3.63, 3.8) is 0 Å². The molecule has 0 fully saturated rings. The number of likely N-dealkylation sites (N-methyl/N-ethyl adjacent to an activating group) is 1. The highest BCUT2D eigenvalue weighted by molar-refractivity contribution is 5.80. The summed E-state index contributed by atoms with van der Waals surface area (Å²) in [5, 5.41) is 0. The molecule has 0 radical (unpaired) electrons. The second-order valence-electron chi connectivity index (χ2n) is 3.71. The Labute approximate surface area is 96.0 Å². The predicted molar refractivity (Wildman–Crippen MR) is 63.2 cm³/mol. The van der Waals surface area contributed by atoms with Crippen molar-refractivity contribution in [2.45, 2.75) is 13.0 Å². The molecule has 1 amide bonds. The predicted octanol–water partition coefficient (Wildman–Crippen LogP) is 0.871.